The molecule has 46 heavy (non-hydrogen) atoms. The zero-order chi connectivity index (χ0) is 34.9. The maximum Gasteiger partial charge on any atom is 0.508 e. The van der Waals surface area contributed by atoms with Gasteiger partial charge in [-0.05, 0) is 40.0 Å². The van der Waals surface area contributed by atoms with Crippen LogP contribution in [0.1, 0.15) is 59.8 Å². The fourth-order valence-corrected chi connectivity index (χ4v) is 4.83. The molecule has 2 saturated heterocycles. The van der Waals surface area contributed by atoms with E-state index in [0.717, 1.165) is 47.8 Å². The van der Waals surface area contributed by atoms with Crippen molar-refractivity contribution >= 4 is 18.0 Å². The SMILES string of the molecule is CCCCCOC(=O)O[C@@H]1CC[C@H](NC(=O)[C@H](OOC)[C@]2(O)OC(C)(C)O[C@@](O)(/C(O)=C(\O)C(C)(CO)OC)[C@H]2OO)C(=O)NC1. The van der Waals surface area contributed by atoms with Crippen molar-refractivity contribution in [2.45, 2.75) is 107 Å². The largest absolute Gasteiger partial charge is 0.508 e. The lowest BCUT2D eigenvalue weighted by Gasteiger charge is -2.53. The van der Waals surface area contributed by atoms with E-state index in [1.807, 2.05) is 6.92 Å². The highest BCUT2D eigenvalue weighted by Crippen LogP contribution is 2.46. The van der Waals surface area contributed by atoms with Crippen LogP contribution < -0.4 is 10.6 Å². The van der Waals surface area contributed by atoms with Crippen LogP contribution in [0.25, 0.3) is 0 Å². The van der Waals surface area contributed by atoms with Crippen LogP contribution in [0.3, 0.4) is 0 Å². The number of nitrogens with one attached hydrogen (secondary N) is 2. The monoisotopic (exact) mass is 670 g/mol. The van der Waals surface area contributed by atoms with Gasteiger partial charge in [0.05, 0.1) is 26.9 Å². The highest BCUT2D eigenvalue weighted by atomic mass is 17.2. The normalized spacial score (nSPS) is 30.6. The number of carbonyl (C=O) groups excluding carboxylic acids is 3. The van der Waals surface area contributed by atoms with Gasteiger partial charge in [-0.15, -0.1) is 0 Å². The molecular formula is C27H46N2O17. The maximum atomic E-state index is 13.6. The maximum absolute atomic E-state index is 13.6. The van der Waals surface area contributed by atoms with Crippen molar-refractivity contribution in [3.05, 3.63) is 11.5 Å². The summed E-state index contributed by atoms with van der Waals surface area (Å²) >= 11 is 0. The second kappa shape index (κ2) is 16.3. The van der Waals surface area contributed by atoms with Crippen LogP contribution in [-0.4, -0.2) is 130 Å². The van der Waals surface area contributed by atoms with Crippen molar-refractivity contribution in [3.63, 3.8) is 0 Å². The first-order valence-corrected chi connectivity index (χ1v) is 14.5. The minimum atomic E-state index is -3.42. The molecule has 2 rings (SSSR count). The fourth-order valence-electron chi connectivity index (χ4n) is 4.83. The number of aliphatic hydroxyl groups excluding tert-OH is 3. The fraction of sp³-hybridized carbons (Fsp3) is 0.815. The first-order chi connectivity index (χ1) is 21.5. The summed E-state index contributed by atoms with van der Waals surface area (Å²) in [4.78, 5) is 52.2. The van der Waals surface area contributed by atoms with Gasteiger partial charge in [0.25, 0.3) is 11.7 Å². The number of ether oxygens (including phenoxy) is 5. The topological polar surface area (TPSA) is 270 Å². The van der Waals surface area contributed by atoms with E-state index in [-0.39, 0.29) is 26.0 Å². The average molecular weight is 671 g/mol. The van der Waals surface area contributed by atoms with Gasteiger partial charge in [-0.1, -0.05) is 19.8 Å². The molecule has 1 unspecified atom stereocenters. The summed E-state index contributed by atoms with van der Waals surface area (Å²) in [6.45, 7) is 4.47. The Morgan fingerprint density at radius 3 is 2.39 bits per heavy atom. The summed E-state index contributed by atoms with van der Waals surface area (Å²) in [6.07, 6.45) is -4.35. The number of amides is 2. The Labute approximate surface area is 265 Å². The first-order valence-electron chi connectivity index (χ1n) is 14.5. The second-order valence-electron chi connectivity index (χ2n) is 11.4. The van der Waals surface area contributed by atoms with Gasteiger partial charge in [0, 0.05) is 7.11 Å². The molecule has 0 saturated carbocycles. The van der Waals surface area contributed by atoms with Gasteiger partial charge in [0.2, 0.25) is 23.9 Å². The number of hydrogen-bond acceptors (Lipinski definition) is 17. The zero-order valence-corrected chi connectivity index (χ0v) is 26.6. The Balaban J connectivity index is 2.36. The number of hydrogen-bond donors (Lipinski definition) is 8. The quantitative estimate of drug-likeness (QED) is 0.0368. The highest BCUT2D eigenvalue weighted by molar-refractivity contribution is 5.90. The Morgan fingerprint density at radius 1 is 1.15 bits per heavy atom. The van der Waals surface area contributed by atoms with E-state index in [1.54, 1.807) is 0 Å². The van der Waals surface area contributed by atoms with Crippen molar-refractivity contribution in [3.8, 4) is 0 Å². The summed E-state index contributed by atoms with van der Waals surface area (Å²) < 4.78 is 26.1. The van der Waals surface area contributed by atoms with Crippen LogP contribution in [0.15, 0.2) is 11.5 Å². The summed E-state index contributed by atoms with van der Waals surface area (Å²) in [7, 11) is 1.99. The molecule has 266 valence electrons. The van der Waals surface area contributed by atoms with E-state index in [9.17, 15) is 45.2 Å². The van der Waals surface area contributed by atoms with Gasteiger partial charge < -0.3 is 59.9 Å². The Bertz CT molecular complexity index is 1080. The molecule has 19 nitrogen and oxygen atoms in total. The summed E-state index contributed by atoms with van der Waals surface area (Å²) in [5, 5.41) is 69.2. The van der Waals surface area contributed by atoms with Crippen molar-refractivity contribution in [2.24, 2.45) is 0 Å². The molecule has 0 aromatic carbocycles. The van der Waals surface area contributed by atoms with Crippen molar-refractivity contribution < 1.29 is 83.5 Å². The third kappa shape index (κ3) is 8.94. The molecule has 0 bridgehead atoms. The predicted octanol–water partition coefficient (Wildman–Crippen LogP) is -0.217. The minimum Gasteiger partial charge on any atom is -0.506 e. The van der Waals surface area contributed by atoms with E-state index >= 15 is 0 Å². The van der Waals surface area contributed by atoms with E-state index < -0.39 is 83.4 Å². The molecule has 2 amide bonds. The molecule has 0 aliphatic carbocycles. The van der Waals surface area contributed by atoms with Gasteiger partial charge in [-0.25, -0.2) is 19.5 Å². The number of unbranched alkanes of at least 4 members (excludes halogenated alkanes) is 2. The summed E-state index contributed by atoms with van der Waals surface area (Å²) in [5.74, 6) is -13.6. The standard InChI is InChI=1S/C27H46N2O17/c1-7-8-9-12-41-23(35)42-15-10-11-16(20(33)28-13-15)29-21(34)19(44-40-6)27(37)22(43-38)26(36,45-24(2,3)46-27)18(32)17(31)25(4,14-30)39-5/h15-16,19,22,30-32,36-38H,7-14H2,1-6H3,(H,28,33)(H,29,34)/b18-17+/t15-,16+,19+,22-,25?,26+,27+/m1/s1. The molecule has 2 fully saturated rings. The van der Waals surface area contributed by atoms with Crippen LogP contribution in [0.5, 0.6) is 0 Å². The Hall–Kier alpha value is -2.85. The van der Waals surface area contributed by atoms with Crippen LogP contribution in [0, 0.1) is 0 Å². The molecule has 19 heteroatoms. The lowest BCUT2D eigenvalue weighted by molar-refractivity contribution is -0.536. The second-order valence-corrected chi connectivity index (χ2v) is 11.4. The average Bonchev–Trinajstić information content (AvgIpc) is 3.16. The van der Waals surface area contributed by atoms with Gasteiger partial charge in [-0.2, -0.15) is 0 Å². The lowest BCUT2D eigenvalue weighted by atomic mass is 9.89. The Kier molecular flexibility index (Phi) is 13.9. The van der Waals surface area contributed by atoms with Gasteiger partial charge in [-0.3, -0.25) is 14.8 Å². The van der Waals surface area contributed by atoms with E-state index in [1.165, 1.54) is 0 Å². The van der Waals surface area contributed by atoms with Gasteiger partial charge in [0.15, 0.2) is 17.3 Å². The van der Waals surface area contributed by atoms with E-state index in [4.69, 9.17) is 28.6 Å². The van der Waals surface area contributed by atoms with E-state index in [0.29, 0.717) is 6.42 Å². The molecule has 0 aromatic rings. The van der Waals surface area contributed by atoms with Crippen LogP contribution >= 0.6 is 0 Å². The molecule has 8 N–H and O–H groups in total. The molecule has 0 radical (unpaired) electrons. The summed E-state index contributed by atoms with van der Waals surface area (Å²) in [6, 6.07) is -1.29. The molecule has 0 aromatic heterocycles. The molecule has 7 atom stereocenters. The van der Waals surface area contributed by atoms with Crippen molar-refractivity contribution in [1.29, 1.82) is 0 Å². The van der Waals surface area contributed by atoms with E-state index in [2.05, 4.69) is 20.4 Å². The molecule has 0 spiro atoms. The zero-order valence-electron chi connectivity index (χ0n) is 26.6. The van der Waals surface area contributed by atoms with Gasteiger partial charge >= 0.3 is 6.16 Å². The van der Waals surface area contributed by atoms with Gasteiger partial charge in [0.1, 0.15) is 17.7 Å². The number of rotatable bonds is 15. The summed E-state index contributed by atoms with van der Waals surface area (Å²) in [5.41, 5.74) is -2.04. The highest BCUT2D eigenvalue weighted by Gasteiger charge is 2.70. The third-order valence-corrected chi connectivity index (χ3v) is 7.42. The number of aliphatic hydroxyl groups is 5. The molecular weight excluding hydrogens is 624 g/mol. The number of carbonyl (C=O) groups is 3. The molecule has 2 aliphatic rings. The van der Waals surface area contributed by atoms with Crippen molar-refractivity contribution in [2.75, 3.05) is 34.0 Å². The number of methoxy groups -OCH3 is 1. The predicted molar refractivity (Wildman–Crippen MR) is 150 cm³/mol. The third-order valence-electron chi connectivity index (χ3n) is 7.42. The minimum absolute atomic E-state index is 0.0724. The van der Waals surface area contributed by atoms with Crippen molar-refractivity contribution in [1.82, 2.24) is 10.6 Å². The van der Waals surface area contributed by atoms with Crippen LogP contribution in [0.4, 0.5) is 4.79 Å². The van der Waals surface area contributed by atoms with Crippen LogP contribution in [0.2, 0.25) is 0 Å². The molecule has 2 heterocycles. The Morgan fingerprint density at radius 2 is 1.83 bits per heavy atom. The first kappa shape index (κ1) is 39.3. The smallest absolute Gasteiger partial charge is 0.506 e. The lowest BCUT2D eigenvalue weighted by Crippen LogP contribution is -2.75. The van der Waals surface area contributed by atoms with Crippen LogP contribution in [-0.2, 0) is 47.9 Å². The molecule has 2 aliphatic heterocycles.